The van der Waals surface area contributed by atoms with Gasteiger partial charge in [-0.3, -0.25) is 14.7 Å². The Balaban J connectivity index is 2.15. The standard InChI is InChI=1S/C20H24N2O4/c1-13-6-8-16(21-12-13)19(22-10-4-5-17(22)20(23)24)15-11-14(25-2)7-9-18(15)26-3/h6-9,11-12,17,19H,4-5,10H2,1-3H3,(H,23,24). The van der Waals surface area contributed by atoms with Crippen LogP contribution in [0.5, 0.6) is 11.5 Å². The summed E-state index contributed by atoms with van der Waals surface area (Å²) in [5, 5.41) is 9.68. The van der Waals surface area contributed by atoms with E-state index in [0.29, 0.717) is 24.5 Å². The highest BCUT2D eigenvalue weighted by Gasteiger charge is 2.38. The Labute approximate surface area is 153 Å². The van der Waals surface area contributed by atoms with Crippen LogP contribution in [0.4, 0.5) is 0 Å². The zero-order valence-corrected chi connectivity index (χ0v) is 15.3. The van der Waals surface area contributed by atoms with Crippen molar-refractivity contribution in [3.63, 3.8) is 0 Å². The number of carboxylic acid groups (broad SMARTS) is 1. The third-order valence-corrected chi connectivity index (χ3v) is 4.86. The lowest BCUT2D eigenvalue weighted by Gasteiger charge is -2.32. The van der Waals surface area contributed by atoms with Crippen molar-refractivity contribution in [3.05, 3.63) is 53.3 Å². The number of hydrogen-bond acceptors (Lipinski definition) is 5. The summed E-state index contributed by atoms with van der Waals surface area (Å²) in [4.78, 5) is 18.4. The van der Waals surface area contributed by atoms with Gasteiger partial charge in [0.2, 0.25) is 0 Å². The van der Waals surface area contributed by atoms with Gasteiger partial charge in [-0.25, -0.2) is 0 Å². The van der Waals surface area contributed by atoms with Gasteiger partial charge in [0.1, 0.15) is 17.5 Å². The van der Waals surface area contributed by atoms with Gasteiger partial charge in [0.25, 0.3) is 0 Å². The van der Waals surface area contributed by atoms with Crippen LogP contribution in [0.3, 0.4) is 0 Å². The SMILES string of the molecule is COc1ccc(OC)c(C(c2ccc(C)cn2)N2CCCC2C(=O)O)c1. The number of hydrogen-bond donors (Lipinski definition) is 1. The summed E-state index contributed by atoms with van der Waals surface area (Å²) in [6, 6.07) is 8.68. The average molecular weight is 356 g/mol. The smallest absolute Gasteiger partial charge is 0.320 e. The van der Waals surface area contributed by atoms with Crippen LogP contribution >= 0.6 is 0 Å². The first-order valence-electron chi connectivity index (χ1n) is 8.68. The molecule has 1 fully saturated rings. The molecule has 2 aromatic rings. The first-order valence-corrected chi connectivity index (χ1v) is 8.68. The van der Waals surface area contributed by atoms with Crippen LogP contribution in [0.1, 0.15) is 35.7 Å². The van der Waals surface area contributed by atoms with E-state index in [0.717, 1.165) is 23.2 Å². The van der Waals surface area contributed by atoms with Crippen molar-refractivity contribution in [2.24, 2.45) is 0 Å². The maximum absolute atomic E-state index is 11.8. The third kappa shape index (κ3) is 3.51. The van der Waals surface area contributed by atoms with Gasteiger partial charge in [-0.2, -0.15) is 0 Å². The lowest BCUT2D eigenvalue weighted by molar-refractivity contribution is -0.142. The van der Waals surface area contributed by atoms with Crippen molar-refractivity contribution in [2.45, 2.75) is 31.8 Å². The number of nitrogens with zero attached hydrogens (tertiary/aromatic N) is 2. The number of methoxy groups -OCH3 is 2. The first kappa shape index (κ1) is 18.2. The average Bonchev–Trinajstić information content (AvgIpc) is 3.13. The fourth-order valence-corrected chi connectivity index (χ4v) is 3.57. The van der Waals surface area contributed by atoms with Crippen molar-refractivity contribution < 1.29 is 19.4 Å². The highest BCUT2D eigenvalue weighted by molar-refractivity contribution is 5.74. The number of pyridine rings is 1. The highest BCUT2D eigenvalue weighted by Crippen LogP contribution is 2.39. The van der Waals surface area contributed by atoms with E-state index in [1.165, 1.54) is 0 Å². The van der Waals surface area contributed by atoms with Crippen molar-refractivity contribution in [1.29, 1.82) is 0 Å². The molecule has 1 aliphatic heterocycles. The van der Waals surface area contributed by atoms with Gasteiger partial charge in [0.05, 0.1) is 26.0 Å². The minimum atomic E-state index is -0.804. The molecule has 6 heteroatoms. The van der Waals surface area contributed by atoms with Crippen molar-refractivity contribution in [3.8, 4) is 11.5 Å². The molecule has 0 spiro atoms. The fourth-order valence-electron chi connectivity index (χ4n) is 3.57. The molecule has 6 nitrogen and oxygen atoms in total. The number of likely N-dealkylation sites (tertiary alicyclic amines) is 1. The Bertz CT molecular complexity index is 776. The summed E-state index contributed by atoms with van der Waals surface area (Å²) in [5.41, 5.74) is 2.72. The molecule has 2 unspecified atom stereocenters. The second kappa shape index (κ2) is 7.74. The van der Waals surface area contributed by atoms with E-state index in [-0.39, 0.29) is 6.04 Å². The molecule has 138 valence electrons. The number of carbonyl (C=O) groups is 1. The molecule has 0 aliphatic carbocycles. The summed E-state index contributed by atoms with van der Waals surface area (Å²) >= 11 is 0. The minimum Gasteiger partial charge on any atom is -0.497 e. The molecule has 2 heterocycles. The Kier molecular flexibility index (Phi) is 5.42. The number of aliphatic carboxylic acids is 1. The predicted octanol–water partition coefficient (Wildman–Crippen LogP) is 3.05. The topological polar surface area (TPSA) is 71.9 Å². The molecule has 0 radical (unpaired) electrons. The van der Waals surface area contributed by atoms with Crippen molar-refractivity contribution >= 4 is 5.97 Å². The number of benzene rings is 1. The first-order chi connectivity index (χ1) is 12.5. The Morgan fingerprint density at radius 1 is 1.27 bits per heavy atom. The number of rotatable bonds is 6. The van der Waals surface area contributed by atoms with Gasteiger partial charge >= 0.3 is 5.97 Å². The van der Waals surface area contributed by atoms with Gasteiger partial charge < -0.3 is 14.6 Å². The van der Waals surface area contributed by atoms with Gasteiger partial charge in [0.15, 0.2) is 0 Å². The zero-order valence-electron chi connectivity index (χ0n) is 15.3. The van der Waals surface area contributed by atoms with Gasteiger partial charge in [-0.1, -0.05) is 6.07 Å². The molecule has 3 rings (SSSR count). The zero-order chi connectivity index (χ0) is 18.7. The van der Waals surface area contributed by atoms with Crippen molar-refractivity contribution in [2.75, 3.05) is 20.8 Å². The van der Waals surface area contributed by atoms with Gasteiger partial charge in [0, 0.05) is 18.3 Å². The molecular weight excluding hydrogens is 332 g/mol. The van der Waals surface area contributed by atoms with E-state index in [1.807, 2.05) is 42.2 Å². The molecule has 1 saturated heterocycles. The quantitative estimate of drug-likeness (QED) is 0.858. The molecular formula is C20H24N2O4. The van der Waals surface area contributed by atoms with Crippen LogP contribution in [0, 0.1) is 6.92 Å². The normalized spacial score (nSPS) is 18.5. The molecule has 1 aromatic heterocycles. The summed E-state index contributed by atoms with van der Waals surface area (Å²) in [6.07, 6.45) is 3.27. The Morgan fingerprint density at radius 2 is 2.08 bits per heavy atom. The van der Waals surface area contributed by atoms with Crippen LogP contribution in [0.25, 0.3) is 0 Å². The molecule has 0 saturated carbocycles. The van der Waals surface area contributed by atoms with E-state index in [1.54, 1.807) is 20.4 Å². The number of carboxylic acids is 1. The van der Waals surface area contributed by atoms with Crippen molar-refractivity contribution in [1.82, 2.24) is 9.88 Å². The molecule has 1 aliphatic rings. The minimum absolute atomic E-state index is 0.316. The second-order valence-corrected chi connectivity index (χ2v) is 6.50. The number of aryl methyl sites for hydroxylation is 1. The summed E-state index contributed by atoms with van der Waals surface area (Å²) in [7, 11) is 3.23. The predicted molar refractivity (Wildman–Crippen MR) is 97.7 cm³/mol. The highest BCUT2D eigenvalue weighted by atomic mass is 16.5. The van der Waals surface area contributed by atoms with Crippen LogP contribution in [-0.4, -0.2) is 47.8 Å². The van der Waals surface area contributed by atoms with Crippen LogP contribution in [0.15, 0.2) is 36.5 Å². The lowest BCUT2D eigenvalue weighted by Crippen LogP contribution is -2.39. The fraction of sp³-hybridized carbons (Fsp3) is 0.400. The largest absolute Gasteiger partial charge is 0.497 e. The van der Waals surface area contributed by atoms with Crippen LogP contribution in [0.2, 0.25) is 0 Å². The maximum Gasteiger partial charge on any atom is 0.320 e. The summed E-state index contributed by atoms with van der Waals surface area (Å²) in [6.45, 7) is 2.67. The molecule has 1 N–H and O–H groups in total. The van der Waals surface area contributed by atoms with Crippen LogP contribution in [-0.2, 0) is 4.79 Å². The second-order valence-electron chi connectivity index (χ2n) is 6.50. The summed E-state index contributed by atoms with van der Waals surface area (Å²) < 4.78 is 11.0. The molecule has 0 amide bonds. The molecule has 2 atom stereocenters. The van der Waals surface area contributed by atoms with E-state index >= 15 is 0 Å². The van der Waals surface area contributed by atoms with E-state index < -0.39 is 12.0 Å². The Hall–Kier alpha value is -2.60. The molecule has 1 aromatic carbocycles. The lowest BCUT2D eigenvalue weighted by atomic mass is 9.98. The van der Waals surface area contributed by atoms with Gasteiger partial charge in [-0.05, 0) is 49.6 Å². The maximum atomic E-state index is 11.8. The van der Waals surface area contributed by atoms with E-state index in [4.69, 9.17) is 9.47 Å². The van der Waals surface area contributed by atoms with Crippen LogP contribution < -0.4 is 9.47 Å². The number of aromatic nitrogens is 1. The monoisotopic (exact) mass is 356 g/mol. The van der Waals surface area contributed by atoms with Gasteiger partial charge in [-0.15, -0.1) is 0 Å². The number of ether oxygens (including phenoxy) is 2. The summed E-state index contributed by atoms with van der Waals surface area (Å²) in [5.74, 6) is 0.583. The molecule has 0 bridgehead atoms. The molecule has 26 heavy (non-hydrogen) atoms. The van der Waals surface area contributed by atoms with E-state index in [9.17, 15) is 9.90 Å². The van der Waals surface area contributed by atoms with E-state index in [2.05, 4.69) is 4.98 Å². The third-order valence-electron chi connectivity index (χ3n) is 4.86. The Morgan fingerprint density at radius 3 is 2.69 bits per heavy atom.